The summed E-state index contributed by atoms with van der Waals surface area (Å²) in [6.45, 7) is 4.40. The van der Waals surface area contributed by atoms with E-state index in [-0.39, 0.29) is 17.0 Å². The summed E-state index contributed by atoms with van der Waals surface area (Å²) < 4.78 is 1.41. The Bertz CT molecular complexity index is 493. The molecule has 20 heavy (non-hydrogen) atoms. The van der Waals surface area contributed by atoms with Gasteiger partial charge in [0.05, 0.1) is 18.2 Å². The standard InChI is InChI=1S/C12H19N5O3/c1-2-12(3-4-13-8-12)11(20)14-5-6-17-7-9(10(18)19)15-16-17/h7,13H,2-6,8H2,1H3,(H,14,20)(H,18,19). The number of rotatable bonds is 6. The van der Waals surface area contributed by atoms with Gasteiger partial charge in [0.15, 0.2) is 5.69 Å². The number of carbonyl (C=O) groups is 2. The molecule has 1 aromatic heterocycles. The molecule has 1 amide bonds. The summed E-state index contributed by atoms with van der Waals surface area (Å²) in [6, 6.07) is 0. The van der Waals surface area contributed by atoms with E-state index in [2.05, 4.69) is 20.9 Å². The minimum atomic E-state index is -1.11. The highest BCUT2D eigenvalue weighted by molar-refractivity contribution is 5.84. The molecule has 1 atom stereocenters. The molecule has 8 nitrogen and oxygen atoms in total. The van der Waals surface area contributed by atoms with Gasteiger partial charge in [-0.15, -0.1) is 5.10 Å². The molecule has 8 heteroatoms. The van der Waals surface area contributed by atoms with Crippen LogP contribution in [0.15, 0.2) is 6.20 Å². The molecule has 1 aliphatic heterocycles. The van der Waals surface area contributed by atoms with Crippen molar-refractivity contribution in [1.82, 2.24) is 25.6 Å². The van der Waals surface area contributed by atoms with Gasteiger partial charge in [0.2, 0.25) is 5.91 Å². The molecule has 3 N–H and O–H groups in total. The zero-order valence-electron chi connectivity index (χ0n) is 11.4. The number of aromatic nitrogens is 3. The van der Waals surface area contributed by atoms with Crippen molar-refractivity contribution in [3.8, 4) is 0 Å². The van der Waals surface area contributed by atoms with Crippen molar-refractivity contribution in [3.63, 3.8) is 0 Å². The van der Waals surface area contributed by atoms with Gasteiger partial charge in [0.1, 0.15) is 0 Å². The largest absolute Gasteiger partial charge is 0.476 e. The van der Waals surface area contributed by atoms with Crippen LogP contribution in [-0.2, 0) is 11.3 Å². The highest BCUT2D eigenvalue weighted by atomic mass is 16.4. The molecule has 0 aliphatic carbocycles. The highest BCUT2D eigenvalue weighted by Gasteiger charge is 2.39. The third-order valence-corrected chi connectivity index (χ3v) is 3.79. The molecule has 2 heterocycles. The number of hydrogen-bond acceptors (Lipinski definition) is 5. The Morgan fingerprint density at radius 3 is 2.95 bits per heavy atom. The summed E-state index contributed by atoms with van der Waals surface area (Å²) in [6.07, 6.45) is 3.00. The van der Waals surface area contributed by atoms with E-state index in [1.54, 1.807) is 0 Å². The van der Waals surface area contributed by atoms with E-state index in [9.17, 15) is 9.59 Å². The second kappa shape index (κ2) is 6.00. The second-order valence-corrected chi connectivity index (χ2v) is 4.99. The van der Waals surface area contributed by atoms with Crippen LogP contribution in [0.5, 0.6) is 0 Å². The third kappa shape index (κ3) is 2.96. The topological polar surface area (TPSA) is 109 Å². The van der Waals surface area contributed by atoms with Crippen LogP contribution in [0.4, 0.5) is 0 Å². The number of carbonyl (C=O) groups excluding carboxylic acids is 1. The minimum absolute atomic E-state index is 0.0450. The minimum Gasteiger partial charge on any atom is -0.476 e. The molecule has 0 radical (unpaired) electrons. The summed E-state index contributed by atoms with van der Waals surface area (Å²) in [5.74, 6) is -1.06. The molecule has 1 saturated heterocycles. The molecule has 0 bridgehead atoms. The monoisotopic (exact) mass is 281 g/mol. The summed E-state index contributed by atoms with van der Waals surface area (Å²) in [5.41, 5.74) is -0.407. The lowest BCUT2D eigenvalue weighted by atomic mass is 9.83. The fourth-order valence-electron chi connectivity index (χ4n) is 2.38. The number of carboxylic acids is 1. The Morgan fingerprint density at radius 2 is 2.40 bits per heavy atom. The average Bonchev–Trinajstić information content (AvgIpc) is 3.08. The van der Waals surface area contributed by atoms with Crippen molar-refractivity contribution in [2.24, 2.45) is 5.41 Å². The third-order valence-electron chi connectivity index (χ3n) is 3.79. The van der Waals surface area contributed by atoms with Crippen molar-refractivity contribution < 1.29 is 14.7 Å². The van der Waals surface area contributed by atoms with Gasteiger partial charge in [-0.25, -0.2) is 9.48 Å². The summed E-state index contributed by atoms with van der Waals surface area (Å²) in [5, 5.41) is 22.0. The smallest absolute Gasteiger partial charge is 0.358 e. The SMILES string of the molecule is CCC1(C(=O)NCCn2cc(C(=O)O)nn2)CCNC1. The van der Waals surface area contributed by atoms with Gasteiger partial charge in [0.25, 0.3) is 0 Å². The number of nitrogens with zero attached hydrogens (tertiary/aromatic N) is 3. The van der Waals surface area contributed by atoms with E-state index in [1.807, 2.05) is 6.92 Å². The van der Waals surface area contributed by atoms with E-state index >= 15 is 0 Å². The van der Waals surface area contributed by atoms with Crippen molar-refractivity contribution in [2.45, 2.75) is 26.3 Å². The van der Waals surface area contributed by atoms with Crippen molar-refractivity contribution in [1.29, 1.82) is 0 Å². The van der Waals surface area contributed by atoms with Gasteiger partial charge < -0.3 is 15.7 Å². The van der Waals surface area contributed by atoms with E-state index in [0.717, 1.165) is 19.4 Å². The maximum atomic E-state index is 12.2. The Labute approximate surface area is 116 Å². The fourth-order valence-corrected chi connectivity index (χ4v) is 2.38. The second-order valence-electron chi connectivity index (χ2n) is 4.99. The molecule has 1 aromatic rings. The fraction of sp³-hybridized carbons (Fsp3) is 0.667. The number of hydrogen-bond donors (Lipinski definition) is 3. The molecule has 0 spiro atoms. The number of nitrogens with one attached hydrogen (secondary N) is 2. The van der Waals surface area contributed by atoms with Gasteiger partial charge in [-0.05, 0) is 19.4 Å². The van der Waals surface area contributed by atoms with Crippen molar-refractivity contribution >= 4 is 11.9 Å². The number of carboxylic acid groups (broad SMARTS) is 1. The Hall–Kier alpha value is -1.96. The zero-order valence-corrected chi connectivity index (χ0v) is 11.4. The van der Waals surface area contributed by atoms with Gasteiger partial charge in [0, 0.05) is 13.1 Å². The van der Waals surface area contributed by atoms with Crippen LogP contribution < -0.4 is 10.6 Å². The molecule has 0 aromatic carbocycles. The number of aromatic carboxylic acids is 1. The lowest BCUT2D eigenvalue weighted by Gasteiger charge is -2.25. The van der Waals surface area contributed by atoms with Gasteiger partial charge in [-0.2, -0.15) is 0 Å². The van der Waals surface area contributed by atoms with Crippen LogP contribution >= 0.6 is 0 Å². The molecule has 110 valence electrons. The first kappa shape index (κ1) is 14.4. The normalized spacial score (nSPS) is 21.9. The van der Waals surface area contributed by atoms with Crippen molar-refractivity contribution in [3.05, 3.63) is 11.9 Å². The summed E-state index contributed by atoms with van der Waals surface area (Å²) >= 11 is 0. The molecular formula is C12H19N5O3. The van der Waals surface area contributed by atoms with Crippen LogP contribution in [0, 0.1) is 5.41 Å². The Balaban J connectivity index is 1.83. The molecule has 1 fully saturated rings. The molecule has 1 aliphatic rings. The van der Waals surface area contributed by atoms with Crippen LogP contribution in [-0.4, -0.2) is 51.6 Å². The first-order valence-corrected chi connectivity index (χ1v) is 6.70. The van der Waals surface area contributed by atoms with E-state index in [0.29, 0.717) is 19.6 Å². The molecule has 0 saturated carbocycles. The molecule has 2 rings (SSSR count). The van der Waals surface area contributed by atoms with E-state index in [1.165, 1.54) is 10.9 Å². The first-order valence-electron chi connectivity index (χ1n) is 6.70. The van der Waals surface area contributed by atoms with Crippen molar-refractivity contribution in [2.75, 3.05) is 19.6 Å². The first-order chi connectivity index (χ1) is 9.57. The lowest BCUT2D eigenvalue weighted by Crippen LogP contribution is -2.43. The Kier molecular flexibility index (Phi) is 4.33. The van der Waals surface area contributed by atoms with Gasteiger partial charge in [-0.3, -0.25) is 4.79 Å². The maximum Gasteiger partial charge on any atom is 0.358 e. The van der Waals surface area contributed by atoms with E-state index < -0.39 is 5.97 Å². The van der Waals surface area contributed by atoms with Crippen LogP contribution in [0.25, 0.3) is 0 Å². The quantitative estimate of drug-likeness (QED) is 0.647. The maximum absolute atomic E-state index is 12.2. The Morgan fingerprint density at radius 1 is 1.60 bits per heavy atom. The van der Waals surface area contributed by atoms with Gasteiger partial charge in [-0.1, -0.05) is 12.1 Å². The molecular weight excluding hydrogens is 262 g/mol. The van der Waals surface area contributed by atoms with Gasteiger partial charge >= 0.3 is 5.97 Å². The van der Waals surface area contributed by atoms with Crippen LogP contribution in [0.3, 0.4) is 0 Å². The summed E-state index contributed by atoms with van der Waals surface area (Å²) in [4.78, 5) is 22.9. The predicted molar refractivity (Wildman–Crippen MR) is 70.2 cm³/mol. The lowest BCUT2D eigenvalue weighted by molar-refractivity contribution is -0.130. The highest BCUT2D eigenvalue weighted by Crippen LogP contribution is 2.29. The molecule has 1 unspecified atom stereocenters. The van der Waals surface area contributed by atoms with E-state index in [4.69, 9.17) is 5.11 Å². The van der Waals surface area contributed by atoms with Crippen LogP contribution in [0.2, 0.25) is 0 Å². The predicted octanol–water partition coefficient (Wildman–Crippen LogP) is -0.518. The number of amides is 1. The summed E-state index contributed by atoms with van der Waals surface area (Å²) in [7, 11) is 0. The average molecular weight is 281 g/mol. The van der Waals surface area contributed by atoms with Crippen LogP contribution in [0.1, 0.15) is 30.3 Å². The zero-order chi connectivity index (χ0) is 14.6.